The van der Waals surface area contributed by atoms with Crippen LogP contribution in [0.3, 0.4) is 0 Å². The number of hydrogen-bond donors (Lipinski definition) is 2. The van der Waals surface area contributed by atoms with Gasteiger partial charge < -0.3 is 20.1 Å². The Hall–Kier alpha value is -1.79. The molecule has 0 radical (unpaired) electrons. The van der Waals surface area contributed by atoms with Gasteiger partial charge in [-0.3, -0.25) is 4.79 Å². The van der Waals surface area contributed by atoms with E-state index in [1.54, 1.807) is 0 Å². The summed E-state index contributed by atoms with van der Waals surface area (Å²) in [5.41, 5.74) is 0. The number of carbonyl (C=O) groups is 3. The van der Waals surface area contributed by atoms with Gasteiger partial charge in [0.05, 0.1) is 13.2 Å². The van der Waals surface area contributed by atoms with Gasteiger partial charge in [0.15, 0.2) is 0 Å². The van der Waals surface area contributed by atoms with Crippen LogP contribution in [0.5, 0.6) is 0 Å². The predicted octanol–water partition coefficient (Wildman–Crippen LogP) is 3.95. The fourth-order valence-electron chi connectivity index (χ4n) is 2.60. The zero-order chi connectivity index (χ0) is 21.4. The molecule has 0 rings (SSSR count). The highest BCUT2D eigenvalue weighted by molar-refractivity contribution is 5.89. The third kappa shape index (κ3) is 12.6. The highest BCUT2D eigenvalue weighted by Gasteiger charge is 2.27. The number of carbonyl (C=O) groups excluding carboxylic acids is 3. The summed E-state index contributed by atoms with van der Waals surface area (Å²) in [5, 5.41) is 5.34. The van der Waals surface area contributed by atoms with E-state index in [1.165, 1.54) is 0 Å². The van der Waals surface area contributed by atoms with Gasteiger partial charge in [-0.15, -0.1) is 0 Å². The Labute approximate surface area is 170 Å². The van der Waals surface area contributed by atoms with Crippen molar-refractivity contribution in [2.75, 3.05) is 13.2 Å². The van der Waals surface area contributed by atoms with E-state index < -0.39 is 24.1 Å². The number of ether oxygens (including phenoxy) is 2. The lowest BCUT2D eigenvalue weighted by molar-refractivity contribution is -0.148. The minimum atomic E-state index is -0.735. The van der Waals surface area contributed by atoms with E-state index in [-0.39, 0.29) is 18.4 Å². The van der Waals surface area contributed by atoms with Gasteiger partial charge in [-0.25, -0.2) is 9.59 Å². The molecule has 2 unspecified atom stereocenters. The molecule has 0 heterocycles. The molecule has 2 atom stereocenters. The molecule has 0 bridgehead atoms. The van der Waals surface area contributed by atoms with Crippen molar-refractivity contribution in [1.82, 2.24) is 10.6 Å². The van der Waals surface area contributed by atoms with Gasteiger partial charge in [0.2, 0.25) is 5.91 Å². The Balaban J connectivity index is 4.67. The van der Waals surface area contributed by atoms with Crippen LogP contribution in [0, 0.1) is 5.92 Å². The van der Waals surface area contributed by atoms with E-state index in [0.29, 0.717) is 25.9 Å². The van der Waals surface area contributed by atoms with Crippen molar-refractivity contribution < 1.29 is 23.9 Å². The number of rotatable bonds is 15. The minimum Gasteiger partial charge on any atom is -0.464 e. The molecular formula is C21H40N2O5. The number of alkyl carbamates (subject to hydrolysis) is 1. The van der Waals surface area contributed by atoms with Crippen LogP contribution in [0.1, 0.15) is 86.0 Å². The van der Waals surface area contributed by atoms with E-state index in [2.05, 4.69) is 17.6 Å². The summed E-state index contributed by atoms with van der Waals surface area (Å²) < 4.78 is 10.4. The molecule has 0 aliphatic heterocycles. The van der Waals surface area contributed by atoms with Crippen molar-refractivity contribution in [3.05, 3.63) is 0 Å². The van der Waals surface area contributed by atoms with Crippen LogP contribution in [0.15, 0.2) is 0 Å². The summed E-state index contributed by atoms with van der Waals surface area (Å²) in [5.74, 6) is -0.584. The Kier molecular flexibility index (Phi) is 15.2. The summed E-state index contributed by atoms with van der Waals surface area (Å²) >= 11 is 0. The van der Waals surface area contributed by atoms with Crippen LogP contribution in [-0.4, -0.2) is 43.3 Å². The van der Waals surface area contributed by atoms with E-state index >= 15 is 0 Å². The van der Waals surface area contributed by atoms with Crippen molar-refractivity contribution >= 4 is 18.0 Å². The molecule has 0 aliphatic rings. The van der Waals surface area contributed by atoms with Gasteiger partial charge in [0.25, 0.3) is 0 Å². The Morgan fingerprint density at radius 3 is 2.00 bits per heavy atom. The van der Waals surface area contributed by atoms with Crippen LogP contribution in [0.4, 0.5) is 4.79 Å². The molecule has 0 aromatic carbocycles. The first kappa shape index (κ1) is 26.2. The molecule has 0 aromatic heterocycles. The second-order valence-corrected chi connectivity index (χ2v) is 7.56. The number of esters is 1. The number of hydrogen-bond acceptors (Lipinski definition) is 5. The molecule has 2 N–H and O–H groups in total. The first-order valence-electron chi connectivity index (χ1n) is 10.8. The van der Waals surface area contributed by atoms with Crippen LogP contribution < -0.4 is 10.6 Å². The summed E-state index contributed by atoms with van der Waals surface area (Å²) in [6.07, 6.45) is 5.87. The summed E-state index contributed by atoms with van der Waals surface area (Å²) in [7, 11) is 0. The third-order valence-corrected chi connectivity index (χ3v) is 4.15. The van der Waals surface area contributed by atoms with Gasteiger partial charge in [-0.1, -0.05) is 66.7 Å². The fourth-order valence-corrected chi connectivity index (χ4v) is 2.60. The largest absolute Gasteiger partial charge is 0.464 e. The van der Waals surface area contributed by atoms with E-state index in [9.17, 15) is 14.4 Å². The Morgan fingerprint density at radius 2 is 1.43 bits per heavy atom. The fraction of sp³-hybridized carbons (Fsp3) is 0.857. The maximum absolute atomic E-state index is 12.6. The van der Waals surface area contributed by atoms with E-state index in [1.807, 2.05) is 27.7 Å². The lowest BCUT2D eigenvalue weighted by Gasteiger charge is -2.22. The normalized spacial score (nSPS) is 12.9. The molecule has 0 saturated carbocycles. The van der Waals surface area contributed by atoms with Crippen LogP contribution in [-0.2, 0) is 19.1 Å². The number of unbranched alkanes of at least 4 members (excludes halogenated alkanes) is 3. The highest BCUT2D eigenvalue weighted by atomic mass is 16.5. The molecule has 164 valence electrons. The molecule has 0 saturated heterocycles. The topological polar surface area (TPSA) is 93.7 Å². The molecule has 7 heteroatoms. The molecule has 0 aromatic rings. The number of nitrogens with one attached hydrogen (secondary N) is 2. The average Bonchev–Trinajstić information content (AvgIpc) is 2.65. The third-order valence-electron chi connectivity index (χ3n) is 4.15. The van der Waals surface area contributed by atoms with Crippen LogP contribution in [0.25, 0.3) is 0 Å². The number of amides is 2. The first-order chi connectivity index (χ1) is 13.3. The standard InChI is InChI=1S/C21H40N2O5/c1-6-9-10-11-14-27-20(25)18(13-8-3)22-19(24)17(12-7-2)23-21(26)28-15-16(4)5/h16-18H,6-15H2,1-5H3,(H,22,24)(H,23,26). The van der Waals surface area contributed by atoms with Crippen molar-refractivity contribution in [2.24, 2.45) is 5.92 Å². The summed E-state index contributed by atoms with van der Waals surface area (Å²) in [6.45, 7) is 10.5. The van der Waals surface area contributed by atoms with Gasteiger partial charge in [-0.2, -0.15) is 0 Å². The van der Waals surface area contributed by atoms with Gasteiger partial charge in [0, 0.05) is 0 Å². The highest BCUT2D eigenvalue weighted by Crippen LogP contribution is 2.06. The van der Waals surface area contributed by atoms with Gasteiger partial charge >= 0.3 is 12.1 Å². The monoisotopic (exact) mass is 400 g/mol. The molecular weight excluding hydrogens is 360 g/mol. The second-order valence-electron chi connectivity index (χ2n) is 7.56. The van der Waals surface area contributed by atoms with Crippen LogP contribution >= 0.6 is 0 Å². The van der Waals surface area contributed by atoms with E-state index in [0.717, 1.165) is 32.1 Å². The van der Waals surface area contributed by atoms with Crippen LogP contribution in [0.2, 0.25) is 0 Å². The SMILES string of the molecule is CCCCCCOC(=O)C(CCC)NC(=O)C(CCC)NC(=O)OCC(C)C. The predicted molar refractivity (Wildman–Crippen MR) is 110 cm³/mol. The van der Waals surface area contributed by atoms with E-state index in [4.69, 9.17) is 9.47 Å². The Bertz CT molecular complexity index is 454. The zero-order valence-corrected chi connectivity index (χ0v) is 18.3. The van der Waals surface area contributed by atoms with Crippen molar-refractivity contribution in [3.63, 3.8) is 0 Å². The quantitative estimate of drug-likeness (QED) is 0.321. The molecule has 28 heavy (non-hydrogen) atoms. The zero-order valence-electron chi connectivity index (χ0n) is 18.3. The Morgan fingerprint density at radius 1 is 0.786 bits per heavy atom. The molecule has 0 fully saturated rings. The van der Waals surface area contributed by atoms with Gasteiger partial charge in [0.1, 0.15) is 12.1 Å². The maximum Gasteiger partial charge on any atom is 0.407 e. The second kappa shape index (κ2) is 16.2. The lowest BCUT2D eigenvalue weighted by atomic mass is 10.1. The van der Waals surface area contributed by atoms with Crippen molar-refractivity contribution in [3.8, 4) is 0 Å². The summed E-state index contributed by atoms with van der Waals surface area (Å²) in [4.78, 5) is 36.9. The average molecular weight is 401 g/mol. The summed E-state index contributed by atoms with van der Waals surface area (Å²) in [6, 6.07) is -1.43. The van der Waals surface area contributed by atoms with Gasteiger partial charge in [-0.05, 0) is 25.2 Å². The molecule has 0 aliphatic carbocycles. The lowest BCUT2D eigenvalue weighted by Crippen LogP contribution is -2.52. The first-order valence-corrected chi connectivity index (χ1v) is 10.8. The smallest absolute Gasteiger partial charge is 0.407 e. The minimum absolute atomic E-state index is 0.213. The van der Waals surface area contributed by atoms with Crippen molar-refractivity contribution in [2.45, 2.75) is 98.1 Å². The molecule has 2 amide bonds. The maximum atomic E-state index is 12.6. The molecule has 7 nitrogen and oxygen atoms in total. The molecule has 0 spiro atoms. The van der Waals surface area contributed by atoms with Crippen molar-refractivity contribution in [1.29, 1.82) is 0 Å².